The molecule has 2 N–H and O–H groups in total. The fraction of sp³-hybridized carbons (Fsp3) is 0.200. The zero-order valence-corrected chi connectivity index (χ0v) is 13.5. The van der Waals surface area contributed by atoms with E-state index in [0.717, 1.165) is 11.1 Å². The maximum atomic E-state index is 10.7. The van der Waals surface area contributed by atoms with Gasteiger partial charge in [0.05, 0.1) is 4.92 Å². The first-order valence-corrected chi connectivity index (χ1v) is 7.56. The molecule has 0 fully saturated rings. The molecule has 21 heavy (non-hydrogen) atoms. The lowest BCUT2D eigenvalue weighted by molar-refractivity contribution is -0.384. The number of hydrogen-bond acceptors (Lipinski definition) is 3. The number of hydrogen-bond donors (Lipinski definition) is 1. The minimum Gasteiger partial charge on any atom is -0.327 e. The third-order valence-electron chi connectivity index (χ3n) is 3.17. The van der Waals surface area contributed by atoms with Crippen molar-refractivity contribution >= 4 is 33.2 Å². The monoisotopic (exact) mass is 368 g/mol. The van der Waals surface area contributed by atoms with Gasteiger partial charge in [0.2, 0.25) is 0 Å². The van der Waals surface area contributed by atoms with Crippen molar-refractivity contribution in [3.8, 4) is 0 Å². The molecule has 0 radical (unpaired) electrons. The number of nitrogens with two attached hydrogens (primary N) is 1. The van der Waals surface area contributed by atoms with E-state index in [1.165, 1.54) is 12.1 Å². The van der Waals surface area contributed by atoms with Crippen LogP contribution in [0, 0.1) is 10.1 Å². The van der Waals surface area contributed by atoms with Gasteiger partial charge >= 0.3 is 0 Å². The van der Waals surface area contributed by atoms with Crippen molar-refractivity contribution < 1.29 is 4.92 Å². The molecule has 0 amide bonds. The molecule has 110 valence electrons. The number of nitrogens with zero attached hydrogens (tertiary/aromatic N) is 1. The van der Waals surface area contributed by atoms with E-state index in [4.69, 9.17) is 17.3 Å². The lowest BCUT2D eigenvalue weighted by Gasteiger charge is -2.14. The van der Waals surface area contributed by atoms with Gasteiger partial charge in [-0.1, -0.05) is 51.8 Å². The Morgan fingerprint density at radius 1 is 1.19 bits per heavy atom. The molecule has 0 spiro atoms. The number of nitro benzene ring substituents is 1. The predicted octanol–water partition coefficient (Wildman–Crippen LogP) is 4.12. The van der Waals surface area contributed by atoms with Gasteiger partial charge in [-0.05, 0) is 30.0 Å². The molecule has 2 aromatic rings. The molecule has 4 nitrogen and oxygen atoms in total. The maximum absolute atomic E-state index is 10.7. The maximum Gasteiger partial charge on any atom is 0.270 e. The quantitative estimate of drug-likeness (QED) is 0.636. The summed E-state index contributed by atoms with van der Waals surface area (Å²) < 4.78 is 0.700. The highest BCUT2D eigenvalue weighted by atomic mass is 79.9. The highest BCUT2D eigenvalue weighted by molar-refractivity contribution is 9.10. The van der Waals surface area contributed by atoms with Crippen LogP contribution < -0.4 is 5.73 Å². The van der Waals surface area contributed by atoms with Crippen LogP contribution in [0.25, 0.3) is 0 Å². The Hall–Kier alpha value is -1.43. The van der Waals surface area contributed by atoms with Gasteiger partial charge in [0.25, 0.3) is 5.69 Å². The highest BCUT2D eigenvalue weighted by Gasteiger charge is 2.13. The van der Waals surface area contributed by atoms with Crippen LogP contribution in [0.3, 0.4) is 0 Å². The van der Waals surface area contributed by atoms with E-state index >= 15 is 0 Å². The van der Waals surface area contributed by atoms with Crippen molar-refractivity contribution in [3.63, 3.8) is 0 Å². The fourth-order valence-corrected chi connectivity index (χ4v) is 2.86. The van der Waals surface area contributed by atoms with Crippen molar-refractivity contribution in [3.05, 3.63) is 73.2 Å². The molecule has 2 aromatic carbocycles. The van der Waals surface area contributed by atoms with E-state index in [1.807, 2.05) is 24.3 Å². The average Bonchev–Trinajstić information content (AvgIpc) is 2.43. The Labute approximate surface area is 136 Å². The van der Waals surface area contributed by atoms with E-state index in [1.54, 1.807) is 6.07 Å². The van der Waals surface area contributed by atoms with Crippen molar-refractivity contribution in [1.82, 2.24) is 0 Å². The molecule has 1 atom stereocenters. The highest BCUT2D eigenvalue weighted by Crippen LogP contribution is 2.25. The average molecular weight is 370 g/mol. The Bertz CT molecular complexity index is 664. The van der Waals surface area contributed by atoms with Crippen LogP contribution in [-0.2, 0) is 12.8 Å². The van der Waals surface area contributed by atoms with Crippen molar-refractivity contribution in [2.24, 2.45) is 5.73 Å². The normalized spacial score (nSPS) is 12.1. The van der Waals surface area contributed by atoms with Crippen LogP contribution in [0.4, 0.5) is 5.69 Å². The standard InChI is InChI=1S/C15H14BrClN2O2/c16-14-9-13(19(20)21)6-5-10(14)7-12(18)8-11-3-1-2-4-15(11)17/h1-6,9,12H,7-8,18H2. The van der Waals surface area contributed by atoms with Gasteiger partial charge in [-0.15, -0.1) is 0 Å². The van der Waals surface area contributed by atoms with Gasteiger partial charge in [-0.2, -0.15) is 0 Å². The summed E-state index contributed by atoms with van der Waals surface area (Å²) in [7, 11) is 0. The third kappa shape index (κ3) is 4.27. The molecule has 0 aliphatic heterocycles. The number of rotatable bonds is 5. The Balaban J connectivity index is 2.08. The zero-order valence-electron chi connectivity index (χ0n) is 11.1. The summed E-state index contributed by atoms with van der Waals surface area (Å²) in [6, 6.07) is 12.2. The van der Waals surface area contributed by atoms with E-state index in [0.29, 0.717) is 22.3 Å². The predicted molar refractivity (Wildman–Crippen MR) is 87.6 cm³/mol. The van der Waals surface area contributed by atoms with Crippen LogP contribution in [0.2, 0.25) is 5.02 Å². The summed E-state index contributed by atoms with van der Waals surface area (Å²) in [5, 5.41) is 11.4. The molecule has 0 aliphatic carbocycles. The fourth-order valence-electron chi connectivity index (χ4n) is 2.12. The van der Waals surface area contributed by atoms with Gasteiger partial charge in [0, 0.05) is 27.7 Å². The number of non-ortho nitro benzene ring substituents is 1. The van der Waals surface area contributed by atoms with Gasteiger partial charge < -0.3 is 5.73 Å². The van der Waals surface area contributed by atoms with Crippen molar-refractivity contribution in [1.29, 1.82) is 0 Å². The smallest absolute Gasteiger partial charge is 0.270 e. The van der Waals surface area contributed by atoms with E-state index in [9.17, 15) is 10.1 Å². The molecule has 0 aromatic heterocycles. The molecule has 6 heteroatoms. The first-order valence-electron chi connectivity index (χ1n) is 6.39. The van der Waals surface area contributed by atoms with Gasteiger partial charge in [-0.3, -0.25) is 10.1 Å². The summed E-state index contributed by atoms with van der Waals surface area (Å²) in [5.74, 6) is 0. The Morgan fingerprint density at radius 3 is 2.48 bits per heavy atom. The second-order valence-electron chi connectivity index (χ2n) is 4.79. The molecular formula is C15H14BrClN2O2. The Morgan fingerprint density at radius 2 is 1.86 bits per heavy atom. The minimum atomic E-state index is -0.418. The van der Waals surface area contributed by atoms with Crippen LogP contribution in [0.1, 0.15) is 11.1 Å². The summed E-state index contributed by atoms with van der Waals surface area (Å²) in [6.07, 6.45) is 1.27. The van der Waals surface area contributed by atoms with Crippen LogP contribution >= 0.6 is 27.5 Å². The third-order valence-corrected chi connectivity index (χ3v) is 4.28. The largest absolute Gasteiger partial charge is 0.327 e. The van der Waals surface area contributed by atoms with E-state index in [2.05, 4.69) is 15.9 Å². The van der Waals surface area contributed by atoms with E-state index < -0.39 is 4.92 Å². The molecule has 2 rings (SSSR count). The second kappa shape index (κ2) is 7.02. The summed E-state index contributed by atoms with van der Waals surface area (Å²) in [5.41, 5.74) is 8.17. The van der Waals surface area contributed by atoms with Gasteiger partial charge in [0.1, 0.15) is 0 Å². The van der Waals surface area contributed by atoms with Gasteiger partial charge in [-0.25, -0.2) is 0 Å². The summed E-state index contributed by atoms with van der Waals surface area (Å²) in [4.78, 5) is 10.3. The molecule has 0 bridgehead atoms. The molecular weight excluding hydrogens is 356 g/mol. The summed E-state index contributed by atoms with van der Waals surface area (Å²) >= 11 is 9.48. The van der Waals surface area contributed by atoms with Gasteiger partial charge in [0.15, 0.2) is 0 Å². The molecule has 1 unspecified atom stereocenters. The SMILES string of the molecule is NC(Cc1ccccc1Cl)Cc1ccc([N+](=O)[O-])cc1Br. The molecule has 0 saturated carbocycles. The van der Waals surface area contributed by atoms with Crippen molar-refractivity contribution in [2.75, 3.05) is 0 Å². The van der Waals surface area contributed by atoms with Crippen LogP contribution in [0.5, 0.6) is 0 Å². The lowest BCUT2D eigenvalue weighted by atomic mass is 9.99. The summed E-state index contributed by atoms with van der Waals surface area (Å²) in [6.45, 7) is 0. The minimum absolute atomic E-state index is 0.0605. The first kappa shape index (κ1) is 15.9. The molecule has 0 heterocycles. The second-order valence-corrected chi connectivity index (χ2v) is 6.05. The Kier molecular flexibility index (Phi) is 5.33. The van der Waals surface area contributed by atoms with Crippen LogP contribution in [-0.4, -0.2) is 11.0 Å². The van der Waals surface area contributed by atoms with Crippen LogP contribution in [0.15, 0.2) is 46.9 Å². The number of nitro groups is 1. The van der Waals surface area contributed by atoms with Crippen molar-refractivity contribution in [2.45, 2.75) is 18.9 Å². The number of benzene rings is 2. The topological polar surface area (TPSA) is 69.2 Å². The zero-order chi connectivity index (χ0) is 15.4. The molecule has 0 saturated heterocycles. The van der Waals surface area contributed by atoms with E-state index in [-0.39, 0.29) is 11.7 Å². The first-order chi connectivity index (χ1) is 9.97. The molecule has 0 aliphatic rings. The lowest BCUT2D eigenvalue weighted by Crippen LogP contribution is -2.25. The number of halogens is 2.